The summed E-state index contributed by atoms with van der Waals surface area (Å²) in [4.78, 5) is 41.2. The average Bonchev–Trinajstić information content (AvgIpc) is 3.33. The third kappa shape index (κ3) is 5.51. The molecule has 1 aromatic heterocycles. The molecule has 2 heterocycles. The monoisotopic (exact) mass is 553 g/mol. The minimum atomic E-state index is -1.21. The van der Waals surface area contributed by atoms with Gasteiger partial charge in [0.05, 0.1) is 5.69 Å². The van der Waals surface area contributed by atoms with Crippen molar-refractivity contribution in [3.8, 4) is 11.5 Å². The molecule has 0 unspecified atom stereocenters. The van der Waals surface area contributed by atoms with Crippen LogP contribution in [0.4, 0.5) is 15.8 Å². The van der Waals surface area contributed by atoms with Gasteiger partial charge in [0.2, 0.25) is 5.91 Å². The Kier molecular flexibility index (Phi) is 7.64. The zero-order chi connectivity index (χ0) is 27.5. The molecule has 0 saturated heterocycles. The summed E-state index contributed by atoms with van der Waals surface area (Å²) in [7, 11) is 0. The quantitative estimate of drug-likeness (QED) is 0.405. The van der Waals surface area contributed by atoms with Gasteiger partial charge < -0.3 is 26.3 Å². The molecule has 0 bridgehead atoms. The first-order valence-corrected chi connectivity index (χ1v) is 13.4. The lowest BCUT2D eigenvalue weighted by molar-refractivity contribution is -0.123. The summed E-state index contributed by atoms with van der Waals surface area (Å²) in [6.45, 7) is 0.696. The maximum atomic E-state index is 14.2. The molecule has 0 spiro atoms. The Morgan fingerprint density at radius 1 is 1.03 bits per heavy atom. The van der Waals surface area contributed by atoms with E-state index in [2.05, 4.69) is 9.69 Å². The maximum Gasteiger partial charge on any atom is 0.273 e. The Hall–Kier alpha value is -4.19. The first-order valence-electron chi connectivity index (χ1n) is 12.7. The van der Waals surface area contributed by atoms with Crippen LogP contribution in [-0.4, -0.2) is 41.4 Å². The molecule has 1 fully saturated rings. The molecule has 0 radical (unpaired) electrons. The van der Waals surface area contributed by atoms with E-state index in [9.17, 15) is 18.8 Å². The molecule has 2 aromatic carbocycles. The highest BCUT2D eigenvalue weighted by atomic mass is 32.1. The number of nitrogen functional groups attached to an aromatic ring is 1. The largest absolute Gasteiger partial charge is 0.486 e. The van der Waals surface area contributed by atoms with E-state index in [0.29, 0.717) is 47.5 Å². The van der Waals surface area contributed by atoms with E-state index in [-0.39, 0.29) is 22.3 Å². The normalized spacial score (nSPS) is 15.8. The zero-order valence-corrected chi connectivity index (χ0v) is 21.8. The molecule has 12 heteroatoms. The predicted molar refractivity (Wildman–Crippen MR) is 143 cm³/mol. The molecule has 1 saturated carbocycles. The Morgan fingerprint density at radius 3 is 2.38 bits per heavy atom. The zero-order valence-electron chi connectivity index (χ0n) is 21.0. The lowest BCUT2D eigenvalue weighted by Crippen LogP contribution is -2.47. The van der Waals surface area contributed by atoms with Crippen molar-refractivity contribution in [1.29, 1.82) is 0 Å². The molecule has 39 heavy (non-hydrogen) atoms. The smallest absolute Gasteiger partial charge is 0.273 e. The van der Waals surface area contributed by atoms with Crippen LogP contribution in [0.25, 0.3) is 0 Å². The summed E-state index contributed by atoms with van der Waals surface area (Å²) in [6.07, 6.45) is 4.73. The van der Waals surface area contributed by atoms with Gasteiger partial charge in [-0.05, 0) is 54.2 Å². The molecule has 1 aliphatic carbocycles. The lowest BCUT2D eigenvalue weighted by atomic mass is 9.94. The molecule has 5 rings (SSSR count). The summed E-state index contributed by atoms with van der Waals surface area (Å²) in [5, 5.41) is 3.09. The Balaban J connectivity index is 1.63. The molecule has 5 N–H and O–H groups in total. The highest BCUT2D eigenvalue weighted by Crippen LogP contribution is 2.39. The molecule has 3 aromatic rings. The van der Waals surface area contributed by atoms with E-state index in [1.54, 1.807) is 18.2 Å². The lowest BCUT2D eigenvalue weighted by Gasteiger charge is -2.33. The second-order valence-electron chi connectivity index (χ2n) is 9.44. The third-order valence-electron chi connectivity index (χ3n) is 6.82. The number of anilines is 2. The number of nitrogens with one attached hydrogen (secondary N) is 1. The second kappa shape index (κ2) is 11.3. The van der Waals surface area contributed by atoms with Crippen molar-refractivity contribution < 1.29 is 28.2 Å². The van der Waals surface area contributed by atoms with Crippen molar-refractivity contribution in [3.63, 3.8) is 0 Å². The second-order valence-corrected chi connectivity index (χ2v) is 10.2. The number of benzene rings is 2. The Bertz CT molecular complexity index is 1390. The fourth-order valence-electron chi connectivity index (χ4n) is 4.89. The predicted octanol–water partition coefficient (Wildman–Crippen LogP) is 3.57. The van der Waals surface area contributed by atoms with Crippen LogP contribution in [0.2, 0.25) is 0 Å². The van der Waals surface area contributed by atoms with Gasteiger partial charge in [-0.1, -0.05) is 31.4 Å². The summed E-state index contributed by atoms with van der Waals surface area (Å²) in [5.74, 6) is -1.58. The van der Waals surface area contributed by atoms with Crippen molar-refractivity contribution >= 4 is 40.6 Å². The van der Waals surface area contributed by atoms with Crippen molar-refractivity contribution in [3.05, 3.63) is 64.4 Å². The van der Waals surface area contributed by atoms with Gasteiger partial charge in [-0.2, -0.15) is 4.37 Å². The van der Waals surface area contributed by atoms with Crippen molar-refractivity contribution in [2.45, 2.75) is 44.2 Å². The number of amides is 3. The SMILES string of the molecule is NC(=O)c1nsc(C(=O)N(c2ccc3c(c2)OCCO3)[C@H](C(=O)NC2CCCCC2)c2ccc(F)cc2)c1N. The van der Waals surface area contributed by atoms with E-state index < -0.39 is 29.6 Å². The first-order chi connectivity index (χ1) is 18.8. The first kappa shape index (κ1) is 26.4. The Labute approximate surface area is 228 Å². The number of aromatic nitrogens is 1. The number of nitrogens with zero attached hydrogens (tertiary/aromatic N) is 2. The van der Waals surface area contributed by atoms with Gasteiger partial charge in [-0.3, -0.25) is 19.3 Å². The highest BCUT2D eigenvalue weighted by Gasteiger charge is 2.37. The molecule has 3 amide bonds. The summed E-state index contributed by atoms with van der Waals surface area (Å²) < 4.78 is 29.2. The van der Waals surface area contributed by atoms with Crippen LogP contribution in [0.3, 0.4) is 0 Å². The number of carbonyl (C=O) groups is 3. The van der Waals surface area contributed by atoms with Crippen LogP contribution in [0.15, 0.2) is 42.5 Å². The van der Waals surface area contributed by atoms with Crippen LogP contribution in [0.5, 0.6) is 11.5 Å². The van der Waals surface area contributed by atoms with Crippen molar-refractivity contribution in [2.75, 3.05) is 23.8 Å². The van der Waals surface area contributed by atoms with Crippen LogP contribution in [0.1, 0.15) is 63.9 Å². The van der Waals surface area contributed by atoms with Gasteiger partial charge in [0, 0.05) is 17.8 Å². The topological polar surface area (TPSA) is 150 Å². The van der Waals surface area contributed by atoms with Crippen LogP contribution < -0.4 is 31.2 Å². The summed E-state index contributed by atoms with van der Waals surface area (Å²) in [6, 6.07) is 9.00. The third-order valence-corrected chi connectivity index (χ3v) is 7.67. The molecular formula is C27H28FN5O5S. The van der Waals surface area contributed by atoms with Crippen molar-refractivity contribution in [2.24, 2.45) is 5.73 Å². The molecule has 1 atom stereocenters. The van der Waals surface area contributed by atoms with E-state index in [1.165, 1.54) is 29.2 Å². The number of hydrogen-bond acceptors (Lipinski definition) is 8. The number of ether oxygens (including phenoxy) is 2. The number of nitrogens with two attached hydrogens (primary N) is 2. The molecule has 2 aliphatic rings. The fraction of sp³-hybridized carbons (Fsp3) is 0.333. The average molecular weight is 554 g/mol. The minimum Gasteiger partial charge on any atom is -0.486 e. The van der Waals surface area contributed by atoms with E-state index in [0.717, 1.165) is 32.1 Å². The summed E-state index contributed by atoms with van der Waals surface area (Å²) >= 11 is 0.712. The number of fused-ring (bicyclic) bond motifs is 1. The fourth-order valence-corrected chi connectivity index (χ4v) is 5.64. The highest BCUT2D eigenvalue weighted by molar-refractivity contribution is 7.09. The Morgan fingerprint density at radius 2 is 1.72 bits per heavy atom. The van der Waals surface area contributed by atoms with Gasteiger partial charge in [-0.15, -0.1) is 0 Å². The molecule has 204 valence electrons. The van der Waals surface area contributed by atoms with Gasteiger partial charge in [0.15, 0.2) is 17.2 Å². The molecule has 1 aliphatic heterocycles. The number of rotatable bonds is 7. The van der Waals surface area contributed by atoms with Crippen LogP contribution in [-0.2, 0) is 4.79 Å². The van der Waals surface area contributed by atoms with Gasteiger partial charge in [-0.25, -0.2) is 4.39 Å². The van der Waals surface area contributed by atoms with E-state index in [1.807, 2.05) is 0 Å². The number of carbonyl (C=O) groups excluding carboxylic acids is 3. The van der Waals surface area contributed by atoms with Gasteiger partial charge in [0.25, 0.3) is 11.8 Å². The molecule has 10 nitrogen and oxygen atoms in total. The molecular weight excluding hydrogens is 525 g/mol. The number of hydrogen-bond donors (Lipinski definition) is 3. The van der Waals surface area contributed by atoms with Crippen LogP contribution >= 0.6 is 11.5 Å². The van der Waals surface area contributed by atoms with Crippen LogP contribution in [0, 0.1) is 5.82 Å². The number of primary amides is 1. The summed E-state index contributed by atoms with van der Waals surface area (Å²) in [5.41, 5.74) is 11.8. The number of halogens is 1. The standard InChI is InChI=1S/C27H28FN5O5S/c28-16-8-6-15(7-9-16)23(26(35)31-17-4-2-1-3-5-17)33(18-10-11-19-20(14-18)38-13-12-37-19)27(36)24-21(29)22(25(30)34)32-39-24/h6-11,14,17,23H,1-5,12-13,29H2,(H2,30,34)(H,31,35)/t23-/m0/s1. The minimum absolute atomic E-state index is 0.0543. The van der Waals surface area contributed by atoms with Crippen molar-refractivity contribution in [1.82, 2.24) is 9.69 Å². The van der Waals surface area contributed by atoms with E-state index >= 15 is 0 Å². The maximum absolute atomic E-state index is 14.2. The van der Waals surface area contributed by atoms with Gasteiger partial charge >= 0.3 is 0 Å². The van der Waals surface area contributed by atoms with E-state index in [4.69, 9.17) is 20.9 Å². The van der Waals surface area contributed by atoms with Gasteiger partial charge in [0.1, 0.15) is 29.9 Å².